The predicted octanol–water partition coefficient (Wildman–Crippen LogP) is 3.92. The number of amides is 1. The van der Waals surface area contributed by atoms with Gasteiger partial charge in [0.1, 0.15) is 5.69 Å². The van der Waals surface area contributed by atoms with E-state index >= 15 is 0 Å². The summed E-state index contributed by atoms with van der Waals surface area (Å²) in [6.45, 7) is 4.80. The van der Waals surface area contributed by atoms with Crippen molar-refractivity contribution < 1.29 is 4.79 Å². The quantitative estimate of drug-likeness (QED) is 0.808. The number of hydrogen-bond acceptors (Lipinski definition) is 3. The van der Waals surface area contributed by atoms with E-state index in [-0.39, 0.29) is 11.9 Å². The van der Waals surface area contributed by atoms with Crippen LogP contribution >= 0.6 is 11.6 Å². The largest absolute Gasteiger partial charge is 0.383 e. The highest BCUT2D eigenvalue weighted by atomic mass is 35.5. The van der Waals surface area contributed by atoms with Crippen LogP contribution in [-0.2, 0) is 6.42 Å². The summed E-state index contributed by atoms with van der Waals surface area (Å²) in [6, 6.07) is 11.6. The molecule has 2 aromatic rings. The molecule has 1 unspecified atom stereocenters. The van der Waals surface area contributed by atoms with E-state index in [9.17, 15) is 4.79 Å². The number of halogens is 1. The van der Waals surface area contributed by atoms with Crippen molar-refractivity contribution in [2.24, 2.45) is 0 Å². The van der Waals surface area contributed by atoms with Gasteiger partial charge in [-0.05, 0) is 49.6 Å². The number of rotatable bonds is 7. The number of hydrogen-bond donors (Lipinski definition) is 2. The van der Waals surface area contributed by atoms with Gasteiger partial charge in [0.2, 0.25) is 0 Å². The van der Waals surface area contributed by atoms with E-state index in [1.54, 1.807) is 12.3 Å². The third-order valence-electron chi connectivity index (χ3n) is 3.64. The topological polar surface area (TPSA) is 54.0 Å². The fourth-order valence-corrected chi connectivity index (χ4v) is 2.16. The van der Waals surface area contributed by atoms with Crippen molar-refractivity contribution in [2.75, 3.05) is 11.9 Å². The third kappa shape index (κ3) is 5.57. The number of nitrogens with zero attached hydrogens (tertiary/aromatic N) is 1. The maximum absolute atomic E-state index is 11.9. The summed E-state index contributed by atoms with van der Waals surface area (Å²) in [7, 11) is 0. The molecule has 5 heteroatoms. The lowest BCUT2D eigenvalue weighted by atomic mass is 10.1. The van der Waals surface area contributed by atoms with Gasteiger partial charge in [-0.15, -0.1) is 0 Å². The smallest absolute Gasteiger partial charge is 0.270 e. The zero-order valence-electron chi connectivity index (χ0n) is 13.5. The molecule has 0 bridgehead atoms. The Morgan fingerprint density at radius 2 is 1.96 bits per heavy atom. The first-order valence-electron chi connectivity index (χ1n) is 7.83. The lowest BCUT2D eigenvalue weighted by molar-refractivity contribution is 0.0934. The first-order valence-corrected chi connectivity index (χ1v) is 8.21. The molecule has 1 aromatic carbocycles. The number of anilines is 1. The van der Waals surface area contributed by atoms with E-state index < -0.39 is 0 Å². The molecule has 1 aromatic heterocycles. The lowest BCUT2D eigenvalue weighted by Gasteiger charge is -2.11. The molecular weight excluding hydrogens is 310 g/mol. The highest BCUT2D eigenvalue weighted by Gasteiger charge is 2.09. The minimum absolute atomic E-state index is 0.132. The average molecular weight is 332 g/mol. The average Bonchev–Trinajstić information content (AvgIpc) is 2.57. The summed E-state index contributed by atoms with van der Waals surface area (Å²) in [6.07, 6.45) is 3.48. The maximum atomic E-state index is 11.9. The summed E-state index contributed by atoms with van der Waals surface area (Å²) >= 11 is 5.87. The second kappa shape index (κ2) is 8.53. The number of carbonyl (C=O) groups is 1. The molecular formula is C18H22ClN3O. The van der Waals surface area contributed by atoms with Crippen LogP contribution in [0.1, 0.15) is 36.3 Å². The van der Waals surface area contributed by atoms with Gasteiger partial charge in [0.05, 0.1) is 11.9 Å². The van der Waals surface area contributed by atoms with Crippen LogP contribution < -0.4 is 10.6 Å². The van der Waals surface area contributed by atoms with E-state index in [1.165, 1.54) is 5.56 Å². The Morgan fingerprint density at radius 1 is 1.22 bits per heavy atom. The molecule has 0 saturated carbocycles. The zero-order chi connectivity index (χ0) is 16.7. The number of pyridine rings is 1. The molecule has 0 saturated heterocycles. The van der Waals surface area contributed by atoms with Crippen molar-refractivity contribution in [1.29, 1.82) is 0 Å². The zero-order valence-corrected chi connectivity index (χ0v) is 14.2. The SMILES string of the molecule is CCC(C)NC(=O)c1ccc(NCCc2ccc(Cl)cc2)cn1. The van der Waals surface area contributed by atoms with Crippen LogP contribution in [0.5, 0.6) is 0 Å². The van der Waals surface area contributed by atoms with Crippen LogP contribution in [0.3, 0.4) is 0 Å². The molecule has 1 amide bonds. The Bertz CT molecular complexity index is 626. The van der Waals surface area contributed by atoms with Gasteiger partial charge in [-0.25, -0.2) is 4.98 Å². The van der Waals surface area contributed by atoms with Crippen LogP contribution in [0.4, 0.5) is 5.69 Å². The second-order valence-electron chi connectivity index (χ2n) is 5.52. The van der Waals surface area contributed by atoms with Gasteiger partial charge in [0.15, 0.2) is 0 Å². The van der Waals surface area contributed by atoms with Gasteiger partial charge in [0, 0.05) is 17.6 Å². The molecule has 0 aliphatic heterocycles. The van der Waals surface area contributed by atoms with Crippen LogP contribution in [0.25, 0.3) is 0 Å². The molecule has 0 spiro atoms. The summed E-state index contributed by atoms with van der Waals surface area (Å²) < 4.78 is 0. The fraction of sp³-hybridized carbons (Fsp3) is 0.333. The molecule has 0 aliphatic carbocycles. The first kappa shape index (κ1) is 17.3. The van der Waals surface area contributed by atoms with Crippen molar-refractivity contribution in [3.63, 3.8) is 0 Å². The van der Waals surface area contributed by atoms with Gasteiger partial charge in [-0.3, -0.25) is 4.79 Å². The molecule has 2 N–H and O–H groups in total. The monoisotopic (exact) mass is 331 g/mol. The van der Waals surface area contributed by atoms with E-state index in [1.807, 2.05) is 44.2 Å². The highest BCUT2D eigenvalue weighted by Crippen LogP contribution is 2.11. The summed E-state index contributed by atoms with van der Waals surface area (Å²) in [5.41, 5.74) is 2.56. The molecule has 2 rings (SSSR count). The van der Waals surface area contributed by atoms with Gasteiger partial charge in [-0.2, -0.15) is 0 Å². The number of benzene rings is 1. The van der Waals surface area contributed by atoms with Crippen molar-refractivity contribution in [2.45, 2.75) is 32.7 Å². The van der Waals surface area contributed by atoms with Gasteiger partial charge in [0.25, 0.3) is 5.91 Å². The van der Waals surface area contributed by atoms with E-state index in [4.69, 9.17) is 11.6 Å². The van der Waals surface area contributed by atoms with Crippen LogP contribution in [0.15, 0.2) is 42.6 Å². The van der Waals surface area contributed by atoms with Crippen molar-refractivity contribution in [3.8, 4) is 0 Å². The Labute approximate surface area is 142 Å². The molecule has 1 atom stereocenters. The van der Waals surface area contributed by atoms with Crippen molar-refractivity contribution >= 4 is 23.2 Å². The Morgan fingerprint density at radius 3 is 2.57 bits per heavy atom. The van der Waals surface area contributed by atoms with E-state index in [2.05, 4.69) is 15.6 Å². The second-order valence-corrected chi connectivity index (χ2v) is 5.95. The van der Waals surface area contributed by atoms with Crippen LogP contribution in [0.2, 0.25) is 5.02 Å². The Kier molecular flexibility index (Phi) is 6.41. The third-order valence-corrected chi connectivity index (χ3v) is 3.89. The normalized spacial score (nSPS) is 11.8. The predicted molar refractivity (Wildman–Crippen MR) is 95.1 cm³/mol. The maximum Gasteiger partial charge on any atom is 0.270 e. The first-order chi connectivity index (χ1) is 11.1. The molecule has 4 nitrogen and oxygen atoms in total. The van der Waals surface area contributed by atoms with Crippen molar-refractivity contribution in [3.05, 3.63) is 58.9 Å². The molecule has 122 valence electrons. The standard InChI is InChI=1S/C18H22ClN3O/c1-3-13(2)22-18(23)17-9-8-16(12-21-17)20-11-10-14-4-6-15(19)7-5-14/h4-9,12-13,20H,3,10-11H2,1-2H3,(H,22,23). The molecule has 0 aliphatic rings. The summed E-state index contributed by atoms with van der Waals surface area (Å²) in [5.74, 6) is -0.132. The summed E-state index contributed by atoms with van der Waals surface area (Å²) in [4.78, 5) is 16.2. The minimum Gasteiger partial charge on any atom is -0.383 e. The van der Waals surface area contributed by atoms with Crippen molar-refractivity contribution in [1.82, 2.24) is 10.3 Å². The Balaban J connectivity index is 1.82. The molecule has 0 radical (unpaired) electrons. The number of carbonyl (C=O) groups excluding carboxylic acids is 1. The van der Waals surface area contributed by atoms with Gasteiger partial charge >= 0.3 is 0 Å². The highest BCUT2D eigenvalue weighted by molar-refractivity contribution is 6.30. The van der Waals surface area contributed by atoms with E-state index in [0.717, 1.165) is 30.1 Å². The van der Waals surface area contributed by atoms with E-state index in [0.29, 0.717) is 5.69 Å². The van der Waals surface area contributed by atoms with Gasteiger partial charge in [-0.1, -0.05) is 30.7 Å². The summed E-state index contributed by atoms with van der Waals surface area (Å²) in [5, 5.41) is 6.95. The lowest BCUT2D eigenvalue weighted by Crippen LogP contribution is -2.32. The number of nitrogens with one attached hydrogen (secondary N) is 2. The van der Waals surface area contributed by atoms with Gasteiger partial charge < -0.3 is 10.6 Å². The molecule has 0 fully saturated rings. The minimum atomic E-state index is -0.132. The number of aromatic nitrogens is 1. The van der Waals surface area contributed by atoms with Crippen LogP contribution in [0, 0.1) is 0 Å². The molecule has 1 heterocycles. The molecule has 23 heavy (non-hydrogen) atoms. The fourth-order valence-electron chi connectivity index (χ4n) is 2.03. The van der Waals surface area contributed by atoms with Crippen LogP contribution in [-0.4, -0.2) is 23.5 Å². The Hall–Kier alpha value is -2.07.